The minimum Gasteiger partial charge on any atom is -0.497 e. The summed E-state index contributed by atoms with van der Waals surface area (Å²) < 4.78 is 15.9. The van der Waals surface area contributed by atoms with Gasteiger partial charge in [-0.05, 0) is 57.2 Å². The molecule has 1 amide bonds. The summed E-state index contributed by atoms with van der Waals surface area (Å²) in [6.07, 6.45) is -0.0105. The fourth-order valence-electron chi connectivity index (χ4n) is 4.03. The van der Waals surface area contributed by atoms with Crippen molar-refractivity contribution in [1.29, 1.82) is 0 Å². The molecule has 1 saturated heterocycles. The highest BCUT2D eigenvalue weighted by Crippen LogP contribution is 2.41. The van der Waals surface area contributed by atoms with Crippen LogP contribution in [0.5, 0.6) is 5.75 Å². The maximum atomic E-state index is 13.4. The Kier molecular flexibility index (Phi) is 8.25. The zero-order valence-corrected chi connectivity index (χ0v) is 21.0. The quantitative estimate of drug-likeness (QED) is 0.544. The molecule has 7 nitrogen and oxygen atoms in total. The van der Waals surface area contributed by atoms with Gasteiger partial charge in [-0.2, -0.15) is 0 Å². The average molecular weight is 486 g/mol. The molecule has 1 aliphatic heterocycles. The van der Waals surface area contributed by atoms with E-state index < -0.39 is 29.5 Å². The van der Waals surface area contributed by atoms with E-state index in [1.807, 2.05) is 30.3 Å². The van der Waals surface area contributed by atoms with Crippen molar-refractivity contribution in [1.82, 2.24) is 4.90 Å². The molecule has 1 heterocycles. The van der Waals surface area contributed by atoms with Crippen LogP contribution in [-0.2, 0) is 19.1 Å². The van der Waals surface area contributed by atoms with Gasteiger partial charge in [0.1, 0.15) is 17.4 Å². The Labute approximate surface area is 204 Å². The number of carbonyl (C=O) groups is 3. The lowest BCUT2D eigenvalue weighted by Crippen LogP contribution is -2.44. The van der Waals surface area contributed by atoms with Gasteiger partial charge in [0.05, 0.1) is 20.6 Å². The summed E-state index contributed by atoms with van der Waals surface area (Å²) in [7, 11) is 2.89. The minimum atomic E-state index is -0.902. The summed E-state index contributed by atoms with van der Waals surface area (Å²) in [5, 5.41) is -0.224. The van der Waals surface area contributed by atoms with Gasteiger partial charge >= 0.3 is 11.9 Å². The van der Waals surface area contributed by atoms with Crippen molar-refractivity contribution in [3.63, 3.8) is 0 Å². The van der Waals surface area contributed by atoms with E-state index in [1.54, 1.807) is 52.1 Å². The summed E-state index contributed by atoms with van der Waals surface area (Å²) in [6.45, 7) is 5.68. The van der Waals surface area contributed by atoms with E-state index in [9.17, 15) is 14.4 Å². The van der Waals surface area contributed by atoms with Crippen LogP contribution in [0.4, 0.5) is 0 Å². The minimum absolute atomic E-state index is 0.0105. The number of nitrogens with zero attached hydrogens (tertiary/aromatic N) is 1. The van der Waals surface area contributed by atoms with Crippen LogP contribution in [0, 0.1) is 5.92 Å². The van der Waals surface area contributed by atoms with E-state index in [0.29, 0.717) is 5.56 Å². The van der Waals surface area contributed by atoms with E-state index in [2.05, 4.69) is 0 Å². The standard InChI is InChI=1S/C26H31NO6S/c1-26(2,3)33-22(28)15-20-21(34-19-13-11-18(31-4)12-14-19)16-27(23(20)25(30)32-5)24(29)17-9-7-6-8-10-17/h6-14,20-21,23H,15-16H2,1-5H3/t20-,21-,23-/m0/s1. The molecule has 0 aromatic heterocycles. The van der Waals surface area contributed by atoms with Gasteiger partial charge < -0.3 is 19.1 Å². The number of amides is 1. The van der Waals surface area contributed by atoms with Gasteiger partial charge in [-0.25, -0.2) is 4.79 Å². The molecule has 34 heavy (non-hydrogen) atoms. The van der Waals surface area contributed by atoms with Crippen molar-refractivity contribution >= 4 is 29.6 Å². The Morgan fingerprint density at radius 1 is 1.00 bits per heavy atom. The Morgan fingerprint density at radius 2 is 1.65 bits per heavy atom. The topological polar surface area (TPSA) is 82.1 Å². The second-order valence-electron chi connectivity index (χ2n) is 9.08. The van der Waals surface area contributed by atoms with Crippen LogP contribution >= 0.6 is 11.8 Å². The van der Waals surface area contributed by atoms with Crippen molar-refractivity contribution in [3.05, 3.63) is 60.2 Å². The van der Waals surface area contributed by atoms with E-state index in [0.717, 1.165) is 10.6 Å². The summed E-state index contributed by atoms with van der Waals surface area (Å²) in [4.78, 5) is 41.6. The number of hydrogen-bond donors (Lipinski definition) is 0. The number of rotatable bonds is 7. The third kappa shape index (κ3) is 6.32. The van der Waals surface area contributed by atoms with Crippen molar-refractivity contribution in [2.45, 2.75) is 49.0 Å². The Morgan fingerprint density at radius 3 is 2.21 bits per heavy atom. The van der Waals surface area contributed by atoms with Crippen molar-refractivity contribution in [2.75, 3.05) is 20.8 Å². The smallest absolute Gasteiger partial charge is 0.328 e. The third-order valence-corrected chi connectivity index (χ3v) is 6.83. The van der Waals surface area contributed by atoms with Crippen LogP contribution in [0.2, 0.25) is 0 Å². The number of thioether (sulfide) groups is 1. The number of carbonyl (C=O) groups excluding carboxylic acids is 3. The van der Waals surface area contributed by atoms with Gasteiger partial charge in [0.15, 0.2) is 0 Å². The Bertz CT molecular complexity index is 1000. The molecule has 8 heteroatoms. The second kappa shape index (κ2) is 11.0. The highest BCUT2D eigenvalue weighted by molar-refractivity contribution is 8.00. The van der Waals surface area contributed by atoms with Crippen LogP contribution in [0.1, 0.15) is 37.6 Å². The number of benzene rings is 2. The molecule has 0 unspecified atom stereocenters. The Balaban J connectivity index is 1.94. The number of likely N-dealkylation sites (tertiary alicyclic amines) is 1. The van der Waals surface area contributed by atoms with Crippen LogP contribution in [0.15, 0.2) is 59.5 Å². The number of esters is 2. The second-order valence-corrected chi connectivity index (χ2v) is 10.4. The fraction of sp³-hybridized carbons (Fsp3) is 0.423. The van der Waals surface area contributed by atoms with Crippen LogP contribution in [0.25, 0.3) is 0 Å². The average Bonchev–Trinajstić information content (AvgIpc) is 3.15. The molecule has 0 saturated carbocycles. The first-order valence-corrected chi connectivity index (χ1v) is 12.0. The molecule has 0 aliphatic carbocycles. The lowest BCUT2D eigenvalue weighted by Gasteiger charge is -2.27. The number of methoxy groups -OCH3 is 2. The lowest BCUT2D eigenvalue weighted by molar-refractivity contribution is -0.157. The molecule has 3 atom stereocenters. The number of hydrogen-bond acceptors (Lipinski definition) is 7. The molecule has 182 valence electrons. The molecule has 0 radical (unpaired) electrons. The van der Waals surface area contributed by atoms with Crippen LogP contribution in [0.3, 0.4) is 0 Å². The third-order valence-electron chi connectivity index (χ3n) is 5.49. The van der Waals surface area contributed by atoms with E-state index in [4.69, 9.17) is 14.2 Å². The van der Waals surface area contributed by atoms with Crippen molar-refractivity contribution in [3.8, 4) is 5.75 Å². The van der Waals surface area contributed by atoms with Gasteiger partial charge in [-0.15, -0.1) is 11.8 Å². The van der Waals surface area contributed by atoms with Gasteiger partial charge in [-0.3, -0.25) is 9.59 Å². The van der Waals surface area contributed by atoms with Gasteiger partial charge in [-0.1, -0.05) is 18.2 Å². The molecule has 0 N–H and O–H groups in total. The summed E-state index contributed by atoms with van der Waals surface area (Å²) in [5.74, 6) is -0.990. The first-order valence-electron chi connectivity index (χ1n) is 11.1. The number of ether oxygens (including phenoxy) is 3. The van der Waals surface area contributed by atoms with Crippen molar-refractivity contribution in [2.24, 2.45) is 5.92 Å². The summed E-state index contributed by atoms with van der Waals surface area (Å²) in [6, 6.07) is 15.4. The van der Waals surface area contributed by atoms with Gasteiger partial charge in [0.25, 0.3) is 5.91 Å². The summed E-state index contributed by atoms with van der Waals surface area (Å²) >= 11 is 1.52. The highest BCUT2D eigenvalue weighted by atomic mass is 32.2. The maximum absolute atomic E-state index is 13.4. The first kappa shape index (κ1) is 25.6. The molecule has 2 aromatic rings. The highest BCUT2D eigenvalue weighted by Gasteiger charge is 2.50. The zero-order chi connectivity index (χ0) is 24.9. The van der Waals surface area contributed by atoms with E-state index in [-0.39, 0.29) is 24.1 Å². The van der Waals surface area contributed by atoms with Gasteiger partial charge in [0.2, 0.25) is 0 Å². The van der Waals surface area contributed by atoms with E-state index in [1.165, 1.54) is 23.8 Å². The van der Waals surface area contributed by atoms with Crippen LogP contribution < -0.4 is 4.74 Å². The molecular formula is C26H31NO6S. The Hall–Kier alpha value is -3.00. The SMILES string of the molecule is COC(=O)[C@@H]1[C@@H](CC(=O)OC(C)(C)C)[C@@H](Sc2ccc(OC)cc2)CN1C(=O)c1ccccc1. The van der Waals surface area contributed by atoms with Gasteiger partial charge in [0, 0.05) is 28.2 Å². The van der Waals surface area contributed by atoms with E-state index >= 15 is 0 Å². The molecule has 1 fully saturated rings. The molecule has 0 bridgehead atoms. The largest absolute Gasteiger partial charge is 0.497 e. The molecule has 3 rings (SSSR count). The summed E-state index contributed by atoms with van der Waals surface area (Å²) in [5.41, 5.74) is -0.184. The molecule has 1 aliphatic rings. The maximum Gasteiger partial charge on any atom is 0.328 e. The monoisotopic (exact) mass is 485 g/mol. The normalized spacial score (nSPS) is 20.0. The fourth-order valence-corrected chi connectivity index (χ4v) is 5.33. The molecular weight excluding hydrogens is 454 g/mol. The van der Waals surface area contributed by atoms with Crippen LogP contribution in [-0.4, -0.2) is 60.4 Å². The predicted octanol–water partition coefficient (Wildman–Crippen LogP) is 4.20. The first-order chi connectivity index (χ1) is 16.1. The predicted molar refractivity (Wildman–Crippen MR) is 130 cm³/mol. The molecule has 2 aromatic carbocycles. The lowest BCUT2D eigenvalue weighted by atomic mass is 9.95. The van der Waals surface area contributed by atoms with Crippen molar-refractivity contribution < 1.29 is 28.6 Å². The zero-order valence-electron chi connectivity index (χ0n) is 20.1. The molecule has 0 spiro atoms.